The molecule has 3 nitrogen and oxygen atoms in total. The molecule has 1 aromatic carbocycles. The predicted molar refractivity (Wildman–Crippen MR) is 67.5 cm³/mol. The molecular formula is C10H11BrN2OS. The highest BCUT2D eigenvalue weighted by Gasteiger charge is 2.04. The summed E-state index contributed by atoms with van der Waals surface area (Å²) in [5.41, 5.74) is 0.983. The number of benzene rings is 1. The number of hydrogen-bond acceptors (Lipinski definition) is 4. The Balaban J connectivity index is 2.23. The fourth-order valence-electron chi connectivity index (χ4n) is 1.21. The van der Waals surface area contributed by atoms with Gasteiger partial charge in [0, 0.05) is 11.0 Å². The Bertz CT molecular complexity index is 469. The summed E-state index contributed by atoms with van der Waals surface area (Å²) in [6.07, 6.45) is -0.358. The van der Waals surface area contributed by atoms with Gasteiger partial charge in [-0.3, -0.25) is 0 Å². The van der Waals surface area contributed by atoms with Gasteiger partial charge < -0.3 is 10.4 Å². The molecular weight excluding hydrogens is 276 g/mol. The molecule has 2 N–H and O–H groups in total. The van der Waals surface area contributed by atoms with E-state index >= 15 is 0 Å². The van der Waals surface area contributed by atoms with Crippen LogP contribution in [0.1, 0.15) is 6.92 Å². The average molecular weight is 287 g/mol. The SMILES string of the molecule is CC(O)CNc1nc2ccc(Br)cc2s1. The summed E-state index contributed by atoms with van der Waals surface area (Å²) in [6.45, 7) is 2.28. The molecule has 0 aliphatic carbocycles. The van der Waals surface area contributed by atoms with Crippen molar-refractivity contribution in [3.8, 4) is 0 Å². The zero-order chi connectivity index (χ0) is 10.8. The van der Waals surface area contributed by atoms with E-state index in [0.717, 1.165) is 19.8 Å². The number of rotatable bonds is 3. The first kappa shape index (κ1) is 10.9. The third-order valence-electron chi connectivity index (χ3n) is 1.90. The first-order chi connectivity index (χ1) is 7.15. The van der Waals surface area contributed by atoms with Gasteiger partial charge in [0.1, 0.15) is 0 Å². The number of thiazole rings is 1. The van der Waals surface area contributed by atoms with Crippen LogP contribution >= 0.6 is 27.3 Å². The number of hydrogen-bond donors (Lipinski definition) is 2. The number of nitrogens with zero attached hydrogens (tertiary/aromatic N) is 1. The minimum atomic E-state index is -0.358. The van der Waals surface area contributed by atoms with E-state index in [-0.39, 0.29) is 6.10 Å². The minimum Gasteiger partial charge on any atom is -0.392 e. The molecule has 0 amide bonds. The largest absolute Gasteiger partial charge is 0.392 e. The first-order valence-electron chi connectivity index (χ1n) is 4.63. The van der Waals surface area contributed by atoms with Crippen LogP contribution in [-0.4, -0.2) is 22.7 Å². The predicted octanol–water partition coefficient (Wildman–Crippen LogP) is 2.85. The van der Waals surface area contributed by atoms with Crippen molar-refractivity contribution in [1.82, 2.24) is 4.98 Å². The molecule has 80 valence electrons. The lowest BCUT2D eigenvalue weighted by Gasteiger charge is -2.03. The third-order valence-corrected chi connectivity index (χ3v) is 3.37. The van der Waals surface area contributed by atoms with Crippen LogP contribution in [0.2, 0.25) is 0 Å². The summed E-state index contributed by atoms with van der Waals surface area (Å²) in [5.74, 6) is 0. The van der Waals surface area contributed by atoms with E-state index in [4.69, 9.17) is 5.11 Å². The van der Waals surface area contributed by atoms with E-state index in [1.54, 1.807) is 18.3 Å². The lowest BCUT2D eigenvalue weighted by atomic mass is 10.3. The van der Waals surface area contributed by atoms with Gasteiger partial charge in [-0.2, -0.15) is 0 Å². The summed E-state index contributed by atoms with van der Waals surface area (Å²) < 4.78 is 2.19. The Morgan fingerprint density at radius 2 is 2.40 bits per heavy atom. The molecule has 0 saturated heterocycles. The summed E-state index contributed by atoms with van der Waals surface area (Å²) in [7, 11) is 0. The highest BCUT2D eigenvalue weighted by atomic mass is 79.9. The molecule has 15 heavy (non-hydrogen) atoms. The van der Waals surface area contributed by atoms with Gasteiger partial charge in [0.25, 0.3) is 0 Å². The fraction of sp³-hybridized carbons (Fsp3) is 0.300. The fourth-order valence-corrected chi connectivity index (χ4v) is 2.63. The van der Waals surface area contributed by atoms with Crippen LogP contribution in [0.15, 0.2) is 22.7 Å². The van der Waals surface area contributed by atoms with Crippen molar-refractivity contribution in [2.45, 2.75) is 13.0 Å². The van der Waals surface area contributed by atoms with Crippen LogP contribution in [0.4, 0.5) is 5.13 Å². The van der Waals surface area contributed by atoms with Gasteiger partial charge >= 0.3 is 0 Å². The zero-order valence-corrected chi connectivity index (χ0v) is 10.6. The standard InChI is InChI=1S/C10H11BrN2OS/c1-6(14)5-12-10-13-8-3-2-7(11)4-9(8)15-10/h2-4,6,14H,5H2,1H3,(H,12,13). The van der Waals surface area contributed by atoms with Crippen molar-refractivity contribution < 1.29 is 5.11 Å². The minimum absolute atomic E-state index is 0.358. The third kappa shape index (κ3) is 2.68. The van der Waals surface area contributed by atoms with Crippen molar-refractivity contribution in [2.24, 2.45) is 0 Å². The maximum atomic E-state index is 9.14. The molecule has 1 aromatic heterocycles. The first-order valence-corrected chi connectivity index (χ1v) is 6.24. The Hall–Kier alpha value is -0.650. The number of fused-ring (bicyclic) bond motifs is 1. The lowest BCUT2D eigenvalue weighted by Crippen LogP contribution is -2.14. The lowest BCUT2D eigenvalue weighted by molar-refractivity contribution is 0.208. The second-order valence-corrected chi connectivity index (χ2v) is 5.31. The number of aromatic nitrogens is 1. The highest BCUT2D eigenvalue weighted by Crippen LogP contribution is 2.28. The van der Waals surface area contributed by atoms with Crippen LogP contribution in [0.5, 0.6) is 0 Å². The van der Waals surface area contributed by atoms with Crippen molar-refractivity contribution in [3.05, 3.63) is 22.7 Å². The van der Waals surface area contributed by atoms with E-state index in [9.17, 15) is 0 Å². The molecule has 1 atom stereocenters. The quantitative estimate of drug-likeness (QED) is 0.912. The molecule has 0 radical (unpaired) electrons. The number of aliphatic hydroxyl groups excluding tert-OH is 1. The Morgan fingerprint density at radius 1 is 1.60 bits per heavy atom. The Kier molecular flexibility index (Phi) is 3.23. The van der Waals surface area contributed by atoms with Gasteiger partial charge in [-0.15, -0.1) is 0 Å². The monoisotopic (exact) mass is 286 g/mol. The number of halogens is 1. The molecule has 0 fully saturated rings. The number of aliphatic hydroxyl groups is 1. The van der Waals surface area contributed by atoms with Crippen LogP contribution < -0.4 is 5.32 Å². The number of nitrogens with one attached hydrogen (secondary N) is 1. The summed E-state index contributed by atoms with van der Waals surface area (Å²) >= 11 is 5.01. The van der Waals surface area contributed by atoms with Crippen LogP contribution in [0, 0.1) is 0 Å². The molecule has 1 heterocycles. The van der Waals surface area contributed by atoms with E-state index in [2.05, 4.69) is 26.2 Å². The summed E-state index contributed by atoms with van der Waals surface area (Å²) in [4.78, 5) is 4.40. The van der Waals surface area contributed by atoms with Crippen molar-refractivity contribution in [3.63, 3.8) is 0 Å². The molecule has 0 spiro atoms. The van der Waals surface area contributed by atoms with Crippen molar-refractivity contribution in [2.75, 3.05) is 11.9 Å². The van der Waals surface area contributed by atoms with Gasteiger partial charge in [-0.05, 0) is 25.1 Å². The highest BCUT2D eigenvalue weighted by molar-refractivity contribution is 9.10. The summed E-state index contributed by atoms with van der Waals surface area (Å²) in [5, 5.41) is 13.1. The molecule has 5 heteroatoms. The van der Waals surface area contributed by atoms with E-state index < -0.39 is 0 Å². The molecule has 0 bridgehead atoms. The topological polar surface area (TPSA) is 45.1 Å². The van der Waals surface area contributed by atoms with Crippen molar-refractivity contribution in [1.29, 1.82) is 0 Å². The Morgan fingerprint density at radius 3 is 3.13 bits per heavy atom. The van der Waals surface area contributed by atoms with E-state index in [1.165, 1.54) is 0 Å². The molecule has 0 aliphatic rings. The molecule has 0 saturated carbocycles. The van der Waals surface area contributed by atoms with Gasteiger partial charge in [0.05, 0.1) is 16.3 Å². The van der Waals surface area contributed by atoms with E-state index in [0.29, 0.717) is 6.54 Å². The maximum absolute atomic E-state index is 9.14. The zero-order valence-electron chi connectivity index (χ0n) is 8.20. The molecule has 2 rings (SSSR count). The second kappa shape index (κ2) is 4.47. The Labute approximate surface area is 100 Å². The average Bonchev–Trinajstić information content (AvgIpc) is 2.56. The second-order valence-electron chi connectivity index (χ2n) is 3.36. The maximum Gasteiger partial charge on any atom is 0.183 e. The van der Waals surface area contributed by atoms with Gasteiger partial charge in [-0.25, -0.2) is 4.98 Å². The molecule has 1 unspecified atom stereocenters. The molecule has 2 aromatic rings. The number of anilines is 1. The van der Waals surface area contributed by atoms with Crippen molar-refractivity contribution >= 4 is 42.6 Å². The molecule has 0 aliphatic heterocycles. The van der Waals surface area contributed by atoms with Gasteiger partial charge in [0.2, 0.25) is 0 Å². The van der Waals surface area contributed by atoms with Crippen LogP contribution in [0.3, 0.4) is 0 Å². The van der Waals surface area contributed by atoms with Gasteiger partial charge in [-0.1, -0.05) is 27.3 Å². The van der Waals surface area contributed by atoms with Crippen LogP contribution in [-0.2, 0) is 0 Å². The van der Waals surface area contributed by atoms with Crippen LogP contribution in [0.25, 0.3) is 10.2 Å². The van der Waals surface area contributed by atoms with Gasteiger partial charge in [0.15, 0.2) is 5.13 Å². The smallest absolute Gasteiger partial charge is 0.183 e. The van der Waals surface area contributed by atoms with E-state index in [1.807, 2.05) is 18.2 Å². The normalized spacial score (nSPS) is 13.0. The summed E-state index contributed by atoms with van der Waals surface area (Å²) in [6, 6.07) is 5.99.